The smallest absolute Gasteiger partial charge is 0.410 e. The molecule has 0 saturated carbocycles. The number of amides is 1. The van der Waals surface area contributed by atoms with Gasteiger partial charge >= 0.3 is 6.09 Å². The predicted octanol–water partition coefficient (Wildman–Crippen LogP) is 7.02. The van der Waals surface area contributed by atoms with Gasteiger partial charge in [-0.15, -0.1) is 0 Å². The molecular weight excluding hydrogens is 358 g/mol. The minimum Gasteiger partial charge on any atom is -0.444 e. The highest BCUT2D eigenvalue weighted by Crippen LogP contribution is 2.29. The van der Waals surface area contributed by atoms with Gasteiger partial charge in [0.25, 0.3) is 0 Å². The van der Waals surface area contributed by atoms with E-state index in [1.165, 1.54) is 10.8 Å². The van der Waals surface area contributed by atoms with Crippen molar-refractivity contribution in [1.82, 2.24) is 4.90 Å². The van der Waals surface area contributed by atoms with Crippen molar-refractivity contribution in [3.8, 4) is 0 Å². The van der Waals surface area contributed by atoms with Crippen LogP contribution in [-0.2, 0) is 11.3 Å². The molecule has 0 aliphatic rings. The van der Waals surface area contributed by atoms with Crippen LogP contribution in [0.2, 0.25) is 0 Å². The van der Waals surface area contributed by atoms with Crippen LogP contribution in [0.25, 0.3) is 21.5 Å². The molecule has 3 aromatic rings. The third-order valence-electron chi connectivity index (χ3n) is 4.81. The SMILES string of the molecule is CC(C)(C)CN(CC(C)(C)C)C(=O)OCc1c2ccccc2cc2ccccc12. The molecule has 0 fully saturated rings. The fraction of sp³-hybridized carbons (Fsp3) is 0.423. The van der Waals surface area contributed by atoms with Crippen molar-refractivity contribution < 1.29 is 9.53 Å². The lowest BCUT2D eigenvalue weighted by Crippen LogP contribution is -2.42. The summed E-state index contributed by atoms with van der Waals surface area (Å²) in [5.74, 6) is 0. The maximum absolute atomic E-state index is 13.0. The number of ether oxygens (including phenoxy) is 1. The molecule has 0 atom stereocenters. The van der Waals surface area contributed by atoms with E-state index in [-0.39, 0.29) is 23.5 Å². The molecule has 3 rings (SSSR count). The number of carbonyl (C=O) groups is 1. The summed E-state index contributed by atoms with van der Waals surface area (Å²) in [6.07, 6.45) is -0.244. The molecule has 0 heterocycles. The van der Waals surface area contributed by atoms with Gasteiger partial charge < -0.3 is 9.64 Å². The molecular formula is C26H33NO2. The number of benzene rings is 3. The Morgan fingerprint density at radius 3 is 1.69 bits per heavy atom. The number of hydrogen-bond acceptors (Lipinski definition) is 2. The normalized spacial score (nSPS) is 12.3. The lowest BCUT2D eigenvalue weighted by atomic mass is 9.92. The van der Waals surface area contributed by atoms with Gasteiger partial charge in [0.15, 0.2) is 0 Å². The van der Waals surface area contributed by atoms with Crippen molar-refractivity contribution in [3.63, 3.8) is 0 Å². The van der Waals surface area contributed by atoms with Crippen molar-refractivity contribution >= 4 is 27.6 Å². The van der Waals surface area contributed by atoms with Crippen LogP contribution in [0.1, 0.15) is 47.1 Å². The van der Waals surface area contributed by atoms with Gasteiger partial charge in [-0.25, -0.2) is 4.79 Å². The molecule has 0 aliphatic carbocycles. The quantitative estimate of drug-likeness (QED) is 0.447. The van der Waals surface area contributed by atoms with Crippen molar-refractivity contribution in [3.05, 3.63) is 60.2 Å². The summed E-state index contributed by atoms with van der Waals surface area (Å²) in [5.41, 5.74) is 1.09. The van der Waals surface area contributed by atoms with Gasteiger partial charge in [-0.3, -0.25) is 0 Å². The highest BCUT2D eigenvalue weighted by molar-refractivity contribution is 6.02. The zero-order valence-corrected chi connectivity index (χ0v) is 18.6. The number of rotatable bonds is 4. The second-order valence-electron chi connectivity index (χ2n) is 10.3. The van der Waals surface area contributed by atoms with Crippen LogP contribution in [0.5, 0.6) is 0 Å². The average molecular weight is 392 g/mol. The molecule has 1 amide bonds. The fourth-order valence-electron chi connectivity index (χ4n) is 3.82. The lowest BCUT2D eigenvalue weighted by molar-refractivity contribution is 0.0700. The van der Waals surface area contributed by atoms with Crippen LogP contribution >= 0.6 is 0 Å². The monoisotopic (exact) mass is 391 g/mol. The van der Waals surface area contributed by atoms with Crippen molar-refractivity contribution in [2.24, 2.45) is 10.8 Å². The zero-order chi connectivity index (χ0) is 21.2. The Morgan fingerprint density at radius 1 is 0.793 bits per heavy atom. The molecule has 0 aromatic heterocycles. The third kappa shape index (κ3) is 5.50. The van der Waals surface area contributed by atoms with E-state index in [9.17, 15) is 4.79 Å². The van der Waals surface area contributed by atoms with Gasteiger partial charge in [-0.2, -0.15) is 0 Å². The molecule has 0 saturated heterocycles. The molecule has 3 nitrogen and oxygen atoms in total. The fourth-order valence-corrected chi connectivity index (χ4v) is 3.82. The maximum Gasteiger partial charge on any atom is 0.410 e. The van der Waals surface area contributed by atoms with E-state index in [4.69, 9.17) is 4.74 Å². The Labute approximate surface area is 174 Å². The molecule has 0 spiro atoms. The van der Waals surface area contributed by atoms with Crippen LogP contribution in [0, 0.1) is 10.8 Å². The number of nitrogens with zero attached hydrogens (tertiary/aromatic N) is 1. The Balaban J connectivity index is 1.90. The van der Waals surface area contributed by atoms with Gasteiger partial charge in [-0.05, 0) is 38.4 Å². The molecule has 0 bridgehead atoms. The van der Waals surface area contributed by atoms with Crippen molar-refractivity contribution in [1.29, 1.82) is 0 Å². The van der Waals surface area contributed by atoms with Crippen molar-refractivity contribution in [2.45, 2.75) is 48.1 Å². The standard InChI is InChI=1S/C26H33NO2/c1-25(2,3)17-27(18-26(4,5)6)24(28)29-16-23-21-13-9-7-11-19(21)15-20-12-8-10-14-22(20)23/h7-15H,16-18H2,1-6H3. The van der Waals surface area contributed by atoms with E-state index in [1.807, 2.05) is 29.2 Å². The third-order valence-corrected chi connectivity index (χ3v) is 4.81. The Kier molecular flexibility index (Phi) is 5.88. The maximum atomic E-state index is 13.0. The molecule has 29 heavy (non-hydrogen) atoms. The Morgan fingerprint density at radius 2 is 1.24 bits per heavy atom. The first-order valence-corrected chi connectivity index (χ1v) is 10.3. The summed E-state index contributed by atoms with van der Waals surface area (Å²) in [4.78, 5) is 14.9. The highest BCUT2D eigenvalue weighted by Gasteiger charge is 2.26. The van der Waals surface area contributed by atoms with E-state index in [0.29, 0.717) is 13.1 Å². The summed E-state index contributed by atoms with van der Waals surface area (Å²) in [6, 6.07) is 18.8. The molecule has 154 valence electrons. The number of hydrogen-bond donors (Lipinski definition) is 0. The first kappa shape index (κ1) is 21.2. The van der Waals surface area contributed by atoms with Gasteiger partial charge in [-0.1, -0.05) is 90.1 Å². The van der Waals surface area contributed by atoms with Crippen molar-refractivity contribution in [2.75, 3.05) is 13.1 Å². The second-order valence-corrected chi connectivity index (χ2v) is 10.3. The summed E-state index contributed by atoms with van der Waals surface area (Å²) >= 11 is 0. The van der Waals surface area contributed by atoms with Crippen LogP contribution in [0.4, 0.5) is 4.79 Å². The Bertz CT molecular complexity index is 939. The number of fused-ring (bicyclic) bond motifs is 2. The van der Waals surface area contributed by atoms with Crippen LogP contribution in [0.3, 0.4) is 0 Å². The zero-order valence-electron chi connectivity index (χ0n) is 18.6. The minimum absolute atomic E-state index is 0.0103. The second kappa shape index (κ2) is 8.06. The largest absolute Gasteiger partial charge is 0.444 e. The highest BCUT2D eigenvalue weighted by atomic mass is 16.6. The van der Waals surface area contributed by atoms with E-state index in [0.717, 1.165) is 16.3 Å². The first-order chi connectivity index (χ1) is 13.5. The average Bonchev–Trinajstić information content (AvgIpc) is 2.62. The van der Waals surface area contributed by atoms with E-state index < -0.39 is 0 Å². The van der Waals surface area contributed by atoms with Crippen LogP contribution in [-0.4, -0.2) is 24.1 Å². The number of carbonyl (C=O) groups excluding carboxylic acids is 1. The van der Waals surface area contributed by atoms with Gasteiger partial charge in [0.2, 0.25) is 0 Å². The predicted molar refractivity (Wildman–Crippen MR) is 122 cm³/mol. The van der Waals surface area contributed by atoms with E-state index in [1.54, 1.807) is 0 Å². The van der Waals surface area contributed by atoms with E-state index in [2.05, 4.69) is 71.9 Å². The summed E-state index contributed by atoms with van der Waals surface area (Å²) in [5, 5.41) is 4.60. The molecule has 3 aromatic carbocycles. The van der Waals surface area contributed by atoms with Crippen LogP contribution in [0.15, 0.2) is 54.6 Å². The van der Waals surface area contributed by atoms with E-state index >= 15 is 0 Å². The summed E-state index contributed by atoms with van der Waals surface area (Å²) in [6.45, 7) is 14.5. The van der Waals surface area contributed by atoms with Gasteiger partial charge in [0.1, 0.15) is 6.61 Å². The molecule has 0 unspecified atom stereocenters. The molecule has 0 radical (unpaired) electrons. The Hall–Kier alpha value is -2.55. The summed E-state index contributed by atoms with van der Waals surface area (Å²) < 4.78 is 5.89. The van der Waals surface area contributed by atoms with Crippen LogP contribution < -0.4 is 0 Å². The molecule has 3 heteroatoms. The minimum atomic E-state index is -0.244. The lowest BCUT2D eigenvalue weighted by Gasteiger charge is -2.34. The summed E-state index contributed by atoms with van der Waals surface area (Å²) in [7, 11) is 0. The molecule has 0 N–H and O–H groups in total. The van der Waals surface area contributed by atoms with Gasteiger partial charge in [0.05, 0.1) is 0 Å². The molecule has 0 aliphatic heterocycles. The topological polar surface area (TPSA) is 29.5 Å². The van der Waals surface area contributed by atoms with Gasteiger partial charge in [0, 0.05) is 18.7 Å². The first-order valence-electron chi connectivity index (χ1n) is 10.3.